The molecule has 1 atom stereocenters. The van der Waals surface area contributed by atoms with E-state index in [0.29, 0.717) is 0 Å². The molecule has 0 aliphatic rings. The summed E-state index contributed by atoms with van der Waals surface area (Å²) in [5.41, 5.74) is 2.38. The summed E-state index contributed by atoms with van der Waals surface area (Å²) in [5, 5.41) is 1.13. The van der Waals surface area contributed by atoms with Gasteiger partial charge in [0, 0.05) is 0 Å². The van der Waals surface area contributed by atoms with Crippen molar-refractivity contribution in [2.24, 2.45) is 0 Å². The van der Waals surface area contributed by atoms with Crippen LogP contribution in [0.3, 0.4) is 0 Å². The largest absolute Gasteiger partial charge is 0.410 e. The Bertz CT molecular complexity index is 696. The molecule has 5 heteroatoms. The number of aryl methyl sites for hydroxylation is 1. The number of thiazole rings is 1. The normalized spacial score (nSPS) is 14.3. The van der Waals surface area contributed by atoms with Gasteiger partial charge in [0.1, 0.15) is 0 Å². The van der Waals surface area contributed by atoms with Gasteiger partial charge in [-0.3, -0.25) is 0 Å². The van der Waals surface area contributed by atoms with Crippen LogP contribution in [0.25, 0.3) is 10.2 Å². The van der Waals surface area contributed by atoms with E-state index in [0.717, 1.165) is 16.9 Å². The summed E-state index contributed by atoms with van der Waals surface area (Å²) < 4.78 is 9.43. The highest BCUT2D eigenvalue weighted by molar-refractivity contribution is 14.1. The topological polar surface area (TPSA) is 22.1 Å². The lowest BCUT2D eigenvalue weighted by Crippen LogP contribution is -2.37. The van der Waals surface area contributed by atoms with Crippen molar-refractivity contribution in [2.45, 2.75) is 65.3 Å². The Morgan fingerprint density at radius 1 is 1.29 bits per heavy atom. The van der Waals surface area contributed by atoms with Crippen LogP contribution in [0.5, 0.6) is 0 Å². The molecule has 1 heterocycles. The first-order valence-electron chi connectivity index (χ1n) is 8.80. The van der Waals surface area contributed by atoms with Crippen molar-refractivity contribution in [3.05, 3.63) is 38.4 Å². The second-order valence-corrected chi connectivity index (χ2v) is 14.0. The van der Waals surface area contributed by atoms with Crippen LogP contribution in [0.1, 0.15) is 50.8 Å². The van der Waals surface area contributed by atoms with Crippen molar-refractivity contribution in [2.75, 3.05) is 0 Å². The molecule has 0 bridgehead atoms. The summed E-state index contributed by atoms with van der Waals surface area (Å²) >= 11 is 4.15. The molecule has 0 saturated carbocycles. The SMILES string of the molecule is CC[Si](CC)(CC)O[C@@H](C/C=C(/C)I)c1ccc2sc(C)nc2c1. The summed E-state index contributed by atoms with van der Waals surface area (Å²) in [6.07, 6.45) is 3.38. The highest BCUT2D eigenvalue weighted by atomic mass is 127. The predicted octanol–water partition coefficient (Wildman–Crippen LogP) is 7.40. The van der Waals surface area contributed by atoms with Crippen molar-refractivity contribution < 1.29 is 4.43 Å². The molecule has 0 amide bonds. The Balaban J connectivity index is 2.37. The van der Waals surface area contributed by atoms with Crippen LogP contribution < -0.4 is 0 Å². The molecule has 2 rings (SSSR count). The van der Waals surface area contributed by atoms with E-state index in [4.69, 9.17) is 4.43 Å². The number of halogens is 1. The van der Waals surface area contributed by atoms with Gasteiger partial charge < -0.3 is 4.43 Å². The van der Waals surface area contributed by atoms with Crippen LogP contribution in [0.2, 0.25) is 18.1 Å². The molecule has 2 nitrogen and oxygen atoms in total. The molecule has 24 heavy (non-hydrogen) atoms. The molecule has 0 aliphatic heterocycles. The Morgan fingerprint density at radius 2 is 1.96 bits per heavy atom. The number of fused-ring (bicyclic) bond motifs is 1. The van der Waals surface area contributed by atoms with Gasteiger partial charge in [-0.2, -0.15) is 0 Å². The predicted molar refractivity (Wildman–Crippen MR) is 118 cm³/mol. The van der Waals surface area contributed by atoms with Gasteiger partial charge in [-0.1, -0.05) is 32.9 Å². The number of rotatable bonds is 8. The fourth-order valence-corrected chi connectivity index (χ4v) is 6.98. The maximum atomic E-state index is 6.84. The Labute approximate surface area is 165 Å². The Kier molecular flexibility index (Phi) is 7.46. The highest BCUT2D eigenvalue weighted by Crippen LogP contribution is 2.34. The molecule has 1 aromatic heterocycles. The van der Waals surface area contributed by atoms with Gasteiger partial charge in [-0.05, 0) is 82.3 Å². The third-order valence-electron chi connectivity index (χ3n) is 4.83. The molecule has 1 aromatic carbocycles. The van der Waals surface area contributed by atoms with Crippen molar-refractivity contribution in [1.29, 1.82) is 0 Å². The molecule has 0 radical (unpaired) electrons. The van der Waals surface area contributed by atoms with Crippen LogP contribution in [-0.4, -0.2) is 13.3 Å². The molecule has 2 aromatic rings. The zero-order chi connectivity index (χ0) is 17.7. The molecular weight excluding hydrogens is 445 g/mol. The molecular formula is C19H28INOSSi. The highest BCUT2D eigenvalue weighted by Gasteiger charge is 2.32. The number of hydrogen-bond donors (Lipinski definition) is 0. The summed E-state index contributed by atoms with van der Waals surface area (Å²) in [5.74, 6) is 0. The van der Waals surface area contributed by atoms with E-state index >= 15 is 0 Å². The van der Waals surface area contributed by atoms with Gasteiger partial charge in [0.25, 0.3) is 0 Å². The van der Waals surface area contributed by atoms with Crippen LogP contribution in [0, 0.1) is 6.92 Å². The molecule has 0 unspecified atom stereocenters. The number of aromatic nitrogens is 1. The van der Waals surface area contributed by atoms with Gasteiger partial charge in [-0.15, -0.1) is 11.3 Å². The maximum absolute atomic E-state index is 6.84. The van der Waals surface area contributed by atoms with Crippen LogP contribution in [-0.2, 0) is 4.43 Å². The number of allylic oxidation sites excluding steroid dienone is 1. The first-order chi connectivity index (χ1) is 11.4. The van der Waals surface area contributed by atoms with Gasteiger partial charge in [0.2, 0.25) is 0 Å². The lowest BCUT2D eigenvalue weighted by Gasteiger charge is -2.33. The Morgan fingerprint density at radius 3 is 2.54 bits per heavy atom. The molecule has 0 spiro atoms. The fraction of sp³-hybridized carbons (Fsp3) is 0.526. The summed E-state index contributed by atoms with van der Waals surface area (Å²) in [4.78, 5) is 4.67. The zero-order valence-corrected chi connectivity index (χ0v) is 19.3. The van der Waals surface area contributed by atoms with Crippen LogP contribution >= 0.6 is 33.9 Å². The van der Waals surface area contributed by atoms with Gasteiger partial charge in [-0.25, -0.2) is 4.98 Å². The fourth-order valence-electron chi connectivity index (χ4n) is 3.08. The van der Waals surface area contributed by atoms with E-state index in [2.05, 4.69) is 86.5 Å². The second kappa shape index (κ2) is 8.92. The first-order valence-corrected chi connectivity index (χ1v) is 13.2. The second-order valence-electron chi connectivity index (χ2n) is 6.34. The van der Waals surface area contributed by atoms with E-state index < -0.39 is 8.32 Å². The van der Waals surface area contributed by atoms with Crippen molar-refractivity contribution in [3.8, 4) is 0 Å². The molecule has 132 valence electrons. The monoisotopic (exact) mass is 473 g/mol. The molecule has 0 fully saturated rings. The minimum Gasteiger partial charge on any atom is -0.410 e. The standard InChI is InChI=1S/C19H28INOSSi/c1-6-24(7-2,8-3)22-18(11-9-14(4)20)16-10-12-19-17(13-16)21-15(5)23-19/h9-10,12-13,18H,6-8,11H2,1-5H3/b14-9-/t18-/m0/s1. The molecule has 0 aliphatic carbocycles. The van der Waals surface area contributed by atoms with E-state index in [1.54, 1.807) is 11.3 Å². The third-order valence-corrected chi connectivity index (χ3v) is 10.9. The number of benzene rings is 1. The van der Waals surface area contributed by atoms with E-state index in [1.807, 2.05) is 0 Å². The van der Waals surface area contributed by atoms with Crippen molar-refractivity contribution in [3.63, 3.8) is 0 Å². The van der Waals surface area contributed by atoms with Crippen molar-refractivity contribution >= 4 is 52.5 Å². The lowest BCUT2D eigenvalue weighted by molar-refractivity contribution is 0.193. The summed E-state index contributed by atoms with van der Waals surface area (Å²) in [6, 6.07) is 10.2. The minimum absolute atomic E-state index is 0.146. The van der Waals surface area contributed by atoms with E-state index in [1.165, 1.54) is 32.0 Å². The maximum Gasteiger partial charge on any atom is 0.192 e. The zero-order valence-electron chi connectivity index (χ0n) is 15.4. The van der Waals surface area contributed by atoms with Gasteiger partial charge in [0.15, 0.2) is 8.32 Å². The van der Waals surface area contributed by atoms with E-state index in [-0.39, 0.29) is 6.10 Å². The minimum atomic E-state index is -1.65. The van der Waals surface area contributed by atoms with Crippen LogP contribution in [0.15, 0.2) is 27.9 Å². The average Bonchev–Trinajstić information content (AvgIpc) is 2.94. The van der Waals surface area contributed by atoms with Crippen LogP contribution in [0.4, 0.5) is 0 Å². The van der Waals surface area contributed by atoms with Crippen molar-refractivity contribution in [1.82, 2.24) is 4.98 Å². The quantitative estimate of drug-likeness (QED) is 0.294. The Hall–Kier alpha value is -0.243. The number of hydrogen-bond acceptors (Lipinski definition) is 3. The summed E-state index contributed by atoms with van der Waals surface area (Å²) in [6.45, 7) is 11.1. The summed E-state index contributed by atoms with van der Waals surface area (Å²) in [7, 11) is -1.65. The van der Waals surface area contributed by atoms with Gasteiger partial charge in [0.05, 0.1) is 21.3 Å². The smallest absolute Gasteiger partial charge is 0.192 e. The molecule has 0 saturated heterocycles. The molecule has 0 N–H and O–H groups in total. The number of nitrogens with zero attached hydrogens (tertiary/aromatic N) is 1. The van der Waals surface area contributed by atoms with Gasteiger partial charge >= 0.3 is 0 Å². The van der Waals surface area contributed by atoms with E-state index in [9.17, 15) is 0 Å². The first kappa shape index (κ1) is 20.1. The lowest BCUT2D eigenvalue weighted by atomic mass is 10.1. The average molecular weight is 473 g/mol. The third kappa shape index (κ3) is 4.90.